The quantitative estimate of drug-likeness (QED) is 0.752. The Kier molecular flexibility index (Phi) is 3.28. The van der Waals surface area contributed by atoms with Crippen LogP contribution in [0.2, 0.25) is 0 Å². The van der Waals surface area contributed by atoms with E-state index in [1.807, 2.05) is 24.1 Å². The van der Waals surface area contributed by atoms with Crippen LogP contribution in [0.5, 0.6) is 11.5 Å². The highest BCUT2D eigenvalue weighted by molar-refractivity contribution is 5.48. The lowest BCUT2D eigenvalue weighted by Gasteiger charge is -2.33. The van der Waals surface area contributed by atoms with Crippen molar-refractivity contribution >= 4 is 0 Å². The van der Waals surface area contributed by atoms with E-state index in [2.05, 4.69) is 5.11 Å². The second-order valence-corrected chi connectivity index (χ2v) is 4.19. The fourth-order valence-electron chi connectivity index (χ4n) is 2.16. The lowest BCUT2D eigenvalue weighted by molar-refractivity contribution is 0.220. The third kappa shape index (κ3) is 2.10. The Balaban J connectivity index is 2.41. The van der Waals surface area contributed by atoms with Crippen molar-refractivity contribution in [2.45, 2.75) is 19.1 Å². The fourth-order valence-corrected chi connectivity index (χ4v) is 2.16. The summed E-state index contributed by atoms with van der Waals surface area (Å²) < 4.78 is 10.5. The number of fused-ring (bicyclic) bond motifs is 1. The average molecular weight is 234 g/mol. The van der Waals surface area contributed by atoms with Gasteiger partial charge in [0.2, 0.25) is 0 Å². The lowest BCUT2D eigenvalue weighted by atomic mass is 9.97. The van der Waals surface area contributed by atoms with Crippen LogP contribution in [-0.2, 0) is 13.0 Å². The van der Waals surface area contributed by atoms with E-state index in [0.29, 0.717) is 12.2 Å². The number of likely N-dealkylation sites (N-methyl/N-ethyl adjacent to an activating group) is 1. The van der Waals surface area contributed by atoms with Gasteiger partial charge in [-0.25, -0.2) is 0 Å². The van der Waals surface area contributed by atoms with Crippen LogP contribution in [0.3, 0.4) is 0 Å². The van der Waals surface area contributed by atoms with Gasteiger partial charge in [0.15, 0.2) is 11.5 Å². The predicted octanol–water partition coefficient (Wildman–Crippen LogP) is 2.04. The largest absolute Gasteiger partial charge is 0.711 e. The molecule has 0 bridgehead atoms. The van der Waals surface area contributed by atoms with Crippen molar-refractivity contribution in [3.63, 3.8) is 0 Å². The summed E-state index contributed by atoms with van der Waals surface area (Å²) in [5.41, 5.74) is 11.3. The molecule has 17 heavy (non-hydrogen) atoms. The molecule has 1 atom stereocenters. The third-order valence-corrected chi connectivity index (χ3v) is 3.17. The molecule has 5 nitrogen and oxygen atoms in total. The predicted molar refractivity (Wildman–Crippen MR) is 64.3 cm³/mol. The Morgan fingerprint density at radius 1 is 1.24 bits per heavy atom. The van der Waals surface area contributed by atoms with Crippen LogP contribution >= 0.6 is 0 Å². The number of nitrogens with zero attached hydrogens (tertiary/aromatic N) is 3. The molecule has 0 amide bonds. The Labute approximate surface area is 101 Å². The molecule has 0 aliphatic carbocycles. The molecule has 0 saturated heterocycles. The zero-order valence-electron chi connectivity index (χ0n) is 10.3. The highest BCUT2D eigenvalue weighted by Crippen LogP contribution is 2.34. The number of methoxy groups -OCH3 is 2. The second-order valence-electron chi connectivity index (χ2n) is 4.19. The van der Waals surface area contributed by atoms with Crippen LogP contribution in [0, 0.1) is 0 Å². The third-order valence-electron chi connectivity index (χ3n) is 3.17. The zero-order chi connectivity index (χ0) is 12.4. The molecule has 0 aromatic heterocycles. The first-order valence-electron chi connectivity index (χ1n) is 5.47. The molecule has 0 radical (unpaired) electrons. The first-order valence-corrected chi connectivity index (χ1v) is 5.47. The van der Waals surface area contributed by atoms with Gasteiger partial charge < -0.3 is 20.1 Å². The van der Waals surface area contributed by atoms with Crippen molar-refractivity contribution in [3.8, 4) is 11.5 Å². The molecular formula is C12H16N3O2-. The summed E-state index contributed by atoms with van der Waals surface area (Å²) in [6, 6.07) is 3.94. The molecule has 92 valence electrons. The maximum atomic E-state index is 8.94. The Bertz CT molecular complexity index is 434. The van der Waals surface area contributed by atoms with E-state index in [-0.39, 0.29) is 6.17 Å². The SMILES string of the molecule is COc1cc2c(cc1OC)CN(C)C(N=[N-])C2. The Hall–Kier alpha value is -1.62. The van der Waals surface area contributed by atoms with E-state index in [1.54, 1.807) is 14.2 Å². The minimum Gasteiger partial charge on any atom is -0.711 e. The molecule has 1 unspecified atom stereocenters. The van der Waals surface area contributed by atoms with Crippen LogP contribution in [0.4, 0.5) is 0 Å². The van der Waals surface area contributed by atoms with Gasteiger partial charge in [0, 0.05) is 13.0 Å². The maximum Gasteiger partial charge on any atom is 0.161 e. The zero-order valence-corrected chi connectivity index (χ0v) is 10.3. The number of hydrogen-bond donors (Lipinski definition) is 0. The molecule has 0 fully saturated rings. The summed E-state index contributed by atoms with van der Waals surface area (Å²) in [5, 5.41) is 3.38. The topological polar surface area (TPSA) is 56.4 Å². The van der Waals surface area contributed by atoms with Crippen molar-refractivity contribution in [1.82, 2.24) is 4.90 Å². The van der Waals surface area contributed by atoms with Gasteiger partial charge in [-0.1, -0.05) is 0 Å². The molecule has 1 aromatic rings. The molecular weight excluding hydrogens is 218 g/mol. The molecule has 1 aromatic carbocycles. The van der Waals surface area contributed by atoms with Gasteiger partial charge in [0.05, 0.1) is 20.4 Å². The number of benzene rings is 1. The monoisotopic (exact) mass is 234 g/mol. The minimum absolute atomic E-state index is 0.180. The standard InChI is InChI=1S/C12H16N3O2/c1-15-7-9-5-11(17-3)10(16-2)4-8(9)6-12(15)14-13/h4-5,12H,6-7H2,1-3H3/q-1. The molecule has 0 spiro atoms. The Morgan fingerprint density at radius 3 is 2.35 bits per heavy atom. The van der Waals surface area contributed by atoms with E-state index in [4.69, 9.17) is 15.0 Å². The summed E-state index contributed by atoms with van der Waals surface area (Å²) in [6.45, 7) is 0.740. The normalized spacial score (nSPS) is 19.6. The van der Waals surface area contributed by atoms with E-state index in [0.717, 1.165) is 17.9 Å². The van der Waals surface area contributed by atoms with Crippen LogP contribution in [0.15, 0.2) is 17.2 Å². The molecule has 1 aliphatic heterocycles. The fraction of sp³-hybridized carbons (Fsp3) is 0.500. The van der Waals surface area contributed by atoms with E-state index in [1.165, 1.54) is 5.56 Å². The number of ether oxygens (including phenoxy) is 2. The van der Waals surface area contributed by atoms with E-state index >= 15 is 0 Å². The molecule has 5 heteroatoms. The van der Waals surface area contributed by atoms with Crippen LogP contribution < -0.4 is 9.47 Å². The summed E-state index contributed by atoms with van der Waals surface area (Å²) in [6.07, 6.45) is 0.503. The van der Waals surface area contributed by atoms with Gasteiger partial charge in [-0.2, -0.15) is 0 Å². The maximum absolute atomic E-state index is 8.94. The van der Waals surface area contributed by atoms with Gasteiger partial charge >= 0.3 is 0 Å². The number of hydrogen-bond acceptors (Lipinski definition) is 4. The number of rotatable bonds is 3. The van der Waals surface area contributed by atoms with Crippen LogP contribution in [-0.4, -0.2) is 32.3 Å². The highest BCUT2D eigenvalue weighted by Gasteiger charge is 2.22. The summed E-state index contributed by atoms with van der Waals surface area (Å²) >= 11 is 0. The molecule has 1 aliphatic rings. The summed E-state index contributed by atoms with van der Waals surface area (Å²) in [4.78, 5) is 1.99. The van der Waals surface area contributed by atoms with Crippen molar-refractivity contribution < 1.29 is 9.47 Å². The van der Waals surface area contributed by atoms with Crippen molar-refractivity contribution in [2.24, 2.45) is 5.11 Å². The van der Waals surface area contributed by atoms with Gasteiger partial charge in [0.25, 0.3) is 0 Å². The smallest absolute Gasteiger partial charge is 0.161 e. The Morgan fingerprint density at radius 2 is 1.82 bits per heavy atom. The second kappa shape index (κ2) is 4.71. The van der Waals surface area contributed by atoms with Crippen molar-refractivity contribution in [3.05, 3.63) is 28.8 Å². The van der Waals surface area contributed by atoms with Crippen molar-refractivity contribution in [2.75, 3.05) is 21.3 Å². The highest BCUT2D eigenvalue weighted by atomic mass is 16.5. The van der Waals surface area contributed by atoms with Gasteiger partial charge in [0.1, 0.15) is 0 Å². The van der Waals surface area contributed by atoms with Gasteiger partial charge in [-0.3, -0.25) is 4.90 Å². The molecule has 0 saturated carbocycles. The summed E-state index contributed by atoms with van der Waals surface area (Å²) in [5.74, 6) is 1.45. The minimum atomic E-state index is -0.180. The van der Waals surface area contributed by atoms with Gasteiger partial charge in [-0.15, -0.1) is 0 Å². The average Bonchev–Trinajstić information content (AvgIpc) is 2.36. The van der Waals surface area contributed by atoms with E-state index in [9.17, 15) is 0 Å². The molecule has 1 heterocycles. The molecule has 0 N–H and O–H groups in total. The van der Waals surface area contributed by atoms with Crippen LogP contribution in [0.1, 0.15) is 11.1 Å². The molecule has 2 rings (SSSR count). The summed E-state index contributed by atoms with van der Waals surface area (Å²) in [7, 11) is 5.18. The van der Waals surface area contributed by atoms with Gasteiger partial charge in [-0.05, 0) is 30.3 Å². The van der Waals surface area contributed by atoms with Crippen LogP contribution in [0.25, 0.3) is 5.53 Å². The van der Waals surface area contributed by atoms with E-state index < -0.39 is 0 Å². The first kappa shape index (κ1) is 11.9. The van der Waals surface area contributed by atoms with Crippen molar-refractivity contribution in [1.29, 1.82) is 0 Å². The lowest BCUT2D eigenvalue weighted by Crippen LogP contribution is -2.35. The first-order chi connectivity index (χ1) is 8.19.